The molecule has 14 nitrogen and oxygen atoms in total. The van der Waals surface area contributed by atoms with Crippen molar-refractivity contribution in [3.05, 3.63) is 104 Å². The zero-order valence-corrected chi connectivity index (χ0v) is 33.3. The van der Waals surface area contributed by atoms with Crippen LogP contribution in [0.3, 0.4) is 0 Å². The third-order valence-corrected chi connectivity index (χ3v) is 9.90. The molecule has 0 saturated carbocycles. The molecule has 312 valence electrons. The van der Waals surface area contributed by atoms with Crippen LogP contribution in [0.15, 0.2) is 70.9 Å². The van der Waals surface area contributed by atoms with Crippen molar-refractivity contribution in [3.63, 3.8) is 0 Å². The van der Waals surface area contributed by atoms with E-state index < -0.39 is 28.6 Å². The molecule has 0 spiro atoms. The zero-order chi connectivity index (χ0) is 41.6. The Morgan fingerprint density at radius 1 is 0.914 bits per heavy atom. The van der Waals surface area contributed by atoms with Gasteiger partial charge in [0.05, 0.1) is 67.7 Å². The molecule has 1 aliphatic heterocycles. The van der Waals surface area contributed by atoms with Gasteiger partial charge in [0.25, 0.3) is 11.8 Å². The van der Waals surface area contributed by atoms with Gasteiger partial charge in [-0.05, 0) is 78.4 Å². The van der Waals surface area contributed by atoms with E-state index in [0.717, 1.165) is 62.0 Å². The number of thioether (sulfide) groups is 1. The van der Waals surface area contributed by atoms with Gasteiger partial charge in [0.2, 0.25) is 5.91 Å². The second-order valence-electron chi connectivity index (χ2n) is 12.8. The number of alkyl halides is 3. The smallest absolute Gasteiger partial charge is 0.379 e. The Labute approximate surface area is 343 Å². The van der Waals surface area contributed by atoms with Gasteiger partial charge in [0.15, 0.2) is 0 Å². The molecule has 0 atom stereocenters. The van der Waals surface area contributed by atoms with Gasteiger partial charge in [-0.1, -0.05) is 34.9 Å². The number of amides is 3. The number of hydrogen-bond acceptors (Lipinski definition) is 10. The van der Waals surface area contributed by atoms with Crippen LogP contribution in [0, 0.1) is 0 Å². The Morgan fingerprint density at radius 2 is 1.66 bits per heavy atom. The van der Waals surface area contributed by atoms with Crippen molar-refractivity contribution in [2.45, 2.75) is 37.6 Å². The predicted octanol–water partition coefficient (Wildman–Crippen LogP) is 7.46. The second kappa shape index (κ2) is 24.8. The van der Waals surface area contributed by atoms with Gasteiger partial charge in [-0.2, -0.15) is 30.0 Å². The molecule has 1 aliphatic rings. The summed E-state index contributed by atoms with van der Waals surface area (Å²) in [5.74, 6) is -0.0901. The Balaban J connectivity index is 1.24. The molecular formula is C39H46ClF3N8O6S. The van der Waals surface area contributed by atoms with Crippen molar-refractivity contribution in [2.24, 2.45) is 10.2 Å². The normalized spacial score (nSPS) is 12.9. The van der Waals surface area contributed by atoms with Gasteiger partial charge in [-0.25, -0.2) is 5.43 Å². The minimum atomic E-state index is -4.66. The van der Waals surface area contributed by atoms with Gasteiger partial charge < -0.3 is 29.7 Å². The minimum absolute atomic E-state index is 0.0784. The minimum Gasteiger partial charge on any atom is -0.379 e. The number of ether oxygens (including phenoxy) is 3. The van der Waals surface area contributed by atoms with E-state index in [1.54, 1.807) is 42.1 Å². The fourth-order valence-corrected chi connectivity index (χ4v) is 6.75. The van der Waals surface area contributed by atoms with Crippen LogP contribution in [-0.2, 0) is 30.9 Å². The number of rotatable bonds is 23. The summed E-state index contributed by atoms with van der Waals surface area (Å²) in [6.45, 7) is 4.52. The first kappa shape index (κ1) is 45.9. The Morgan fingerprint density at radius 3 is 2.40 bits per heavy atom. The molecule has 3 N–H and O–H groups in total. The predicted molar refractivity (Wildman–Crippen MR) is 219 cm³/mol. The fraction of sp³-hybridized carbons (Fsp3) is 0.436. The molecule has 0 radical (unpaired) electrons. The monoisotopic (exact) mass is 846 g/mol. The van der Waals surface area contributed by atoms with E-state index in [9.17, 15) is 27.6 Å². The van der Waals surface area contributed by atoms with Crippen LogP contribution in [0.5, 0.6) is 0 Å². The van der Waals surface area contributed by atoms with Crippen molar-refractivity contribution in [2.75, 3.05) is 81.8 Å². The highest BCUT2D eigenvalue weighted by Crippen LogP contribution is 2.35. The third kappa shape index (κ3) is 16.2. The highest BCUT2D eigenvalue weighted by atomic mass is 35.5. The molecule has 1 heterocycles. The number of piperidine rings is 1. The summed E-state index contributed by atoms with van der Waals surface area (Å²) in [6.07, 6.45) is -0.152. The lowest BCUT2D eigenvalue weighted by Gasteiger charge is -2.29. The Bertz CT molecular complexity index is 1890. The van der Waals surface area contributed by atoms with Crippen LogP contribution in [-0.4, -0.2) is 95.5 Å². The van der Waals surface area contributed by atoms with Crippen molar-refractivity contribution < 1.29 is 41.8 Å². The standard InChI is InChI=1S/C39H46ClF3N8O6S/c40-34-9-7-28(24-33(34)39(41,42)43)26-47-49-38(54)32-25-31(51-14-2-1-3-15-51)8-10-35(32)48-37(53)30-6-4-5-29(23-30)27-58-22-11-36(52)45-12-16-55-18-20-57-21-19-56-17-13-46-50-44/h4-10,23-26H,1-3,11-22,27H2,(H,45,52)(H,48,53)(H,49,54)/b47-26-. The molecule has 3 amide bonds. The van der Waals surface area contributed by atoms with Crippen LogP contribution in [0.25, 0.3) is 10.4 Å². The van der Waals surface area contributed by atoms with Crippen molar-refractivity contribution in [1.82, 2.24) is 10.7 Å². The Kier molecular flexibility index (Phi) is 19.6. The number of nitrogens with one attached hydrogen (secondary N) is 3. The average molecular weight is 847 g/mol. The van der Waals surface area contributed by atoms with E-state index in [2.05, 4.69) is 36.1 Å². The van der Waals surface area contributed by atoms with E-state index >= 15 is 0 Å². The first-order valence-corrected chi connectivity index (χ1v) is 20.2. The first-order valence-electron chi connectivity index (χ1n) is 18.6. The van der Waals surface area contributed by atoms with E-state index in [0.29, 0.717) is 69.7 Å². The maximum absolute atomic E-state index is 13.5. The molecule has 0 aromatic heterocycles. The van der Waals surface area contributed by atoms with Crippen LogP contribution in [0.1, 0.15) is 63.1 Å². The highest BCUT2D eigenvalue weighted by molar-refractivity contribution is 7.98. The number of anilines is 2. The fourth-order valence-electron chi connectivity index (χ4n) is 5.64. The lowest BCUT2D eigenvalue weighted by atomic mass is 10.1. The second-order valence-corrected chi connectivity index (χ2v) is 14.3. The molecule has 4 rings (SSSR count). The maximum Gasteiger partial charge on any atom is 0.417 e. The number of carbonyl (C=O) groups excluding carboxylic acids is 3. The number of hydrazone groups is 1. The largest absolute Gasteiger partial charge is 0.417 e. The summed E-state index contributed by atoms with van der Waals surface area (Å²) in [7, 11) is 0. The van der Waals surface area contributed by atoms with E-state index in [1.807, 2.05) is 12.1 Å². The summed E-state index contributed by atoms with van der Waals surface area (Å²) < 4.78 is 56.0. The molecule has 3 aromatic rings. The summed E-state index contributed by atoms with van der Waals surface area (Å²) in [5.41, 5.74) is 12.0. The number of benzene rings is 3. The summed E-state index contributed by atoms with van der Waals surface area (Å²) in [6, 6.07) is 15.5. The third-order valence-electron chi connectivity index (χ3n) is 8.54. The molecule has 58 heavy (non-hydrogen) atoms. The van der Waals surface area contributed by atoms with Gasteiger partial charge in [0, 0.05) is 60.3 Å². The topological polar surface area (TPSA) is 179 Å². The van der Waals surface area contributed by atoms with Crippen LogP contribution < -0.4 is 21.0 Å². The number of halogens is 4. The molecule has 1 saturated heterocycles. The van der Waals surface area contributed by atoms with E-state index in [4.69, 9.17) is 31.3 Å². The number of carbonyl (C=O) groups is 3. The molecule has 0 unspecified atom stereocenters. The van der Waals surface area contributed by atoms with Gasteiger partial charge in [-0.3, -0.25) is 14.4 Å². The van der Waals surface area contributed by atoms with Gasteiger partial charge in [-0.15, -0.1) is 0 Å². The van der Waals surface area contributed by atoms with Gasteiger partial charge >= 0.3 is 6.18 Å². The van der Waals surface area contributed by atoms with Crippen LogP contribution in [0.4, 0.5) is 24.5 Å². The molecule has 19 heteroatoms. The van der Waals surface area contributed by atoms with E-state index in [-0.39, 0.29) is 29.3 Å². The molecular weight excluding hydrogens is 801 g/mol. The first-order chi connectivity index (χ1) is 28.0. The molecule has 0 aliphatic carbocycles. The molecule has 3 aromatic carbocycles. The van der Waals surface area contributed by atoms with Crippen LogP contribution in [0.2, 0.25) is 5.02 Å². The summed E-state index contributed by atoms with van der Waals surface area (Å²) in [5, 5.41) is 12.5. The lowest BCUT2D eigenvalue weighted by Crippen LogP contribution is -2.30. The average Bonchev–Trinajstić information content (AvgIpc) is 3.22. The molecule has 1 fully saturated rings. The van der Waals surface area contributed by atoms with Crippen molar-refractivity contribution >= 4 is 58.7 Å². The Hall–Kier alpha value is -4.84. The highest BCUT2D eigenvalue weighted by Gasteiger charge is 2.33. The zero-order valence-electron chi connectivity index (χ0n) is 31.8. The SMILES string of the molecule is [N-]=[N+]=NCCOCCOCCOCCNC(=O)CCSCc1cccc(C(=O)Nc2ccc(N3CCCCC3)cc2C(=O)N/N=C\c2ccc(Cl)c(C(F)(F)F)c2)c1. The summed E-state index contributed by atoms with van der Waals surface area (Å²) in [4.78, 5) is 44.0. The van der Waals surface area contributed by atoms with E-state index in [1.165, 1.54) is 6.07 Å². The summed E-state index contributed by atoms with van der Waals surface area (Å²) >= 11 is 7.27. The number of azide groups is 1. The number of nitrogens with zero attached hydrogens (tertiary/aromatic N) is 5. The van der Waals surface area contributed by atoms with Crippen molar-refractivity contribution in [3.8, 4) is 0 Å². The molecule has 0 bridgehead atoms. The quantitative estimate of drug-likeness (QED) is 0.0220. The maximum atomic E-state index is 13.5. The van der Waals surface area contributed by atoms with Crippen LogP contribution >= 0.6 is 23.4 Å². The van der Waals surface area contributed by atoms with Crippen molar-refractivity contribution in [1.29, 1.82) is 0 Å². The number of hydrogen-bond donors (Lipinski definition) is 3. The lowest BCUT2D eigenvalue weighted by molar-refractivity contribution is -0.137. The van der Waals surface area contributed by atoms with Gasteiger partial charge in [0.1, 0.15) is 0 Å².